The van der Waals surface area contributed by atoms with Crippen molar-refractivity contribution < 1.29 is 60.4 Å². The van der Waals surface area contributed by atoms with Crippen LogP contribution in [0.2, 0.25) is 0 Å². The van der Waals surface area contributed by atoms with Crippen molar-refractivity contribution in [2.45, 2.75) is 38.3 Å². The molecule has 1 aromatic heterocycles. The van der Waals surface area contributed by atoms with Crippen molar-refractivity contribution in [3.63, 3.8) is 0 Å². The topological polar surface area (TPSA) is 130 Å². The van der Waals surface area contributed by atoms with Gasteiger partial charge < -0.3 is 24.6 Å². The molecule has 38 heavy (non-hydrogen) atoms. The van der Waals surface area contributed by atoms with E-state index in [2.05, 4.69) is 22.9 Å². The molecule has 0 radical (unpaired) electrons. The van der Waals surface area contributed by atoms with Gasteiger partial charge in [-0.25, -0.2) is 9.59 Å². The Morgan fingerprint density at radius 3 is 1.97 bits per heavy atom. The van der Waals surface area contributed by atoms with Crippen molar-refractivity contribution in [2.75, 3.05) is 46.1 Å². The quantitative estimate of drug-likeness (QED) is 0.533. The number of carbonyl (C=O) groups is 3. The van der Waals surface area contributed by atoms with Gasteiger partial charge in [-0.2, -0.15) is 26.3 Å². The lowest BCUT2D eigenvalue weighted by Crippen LogP contribution is -2.44. The molecule has 2 atom stereocenters. The van der Waals surface area contributed by atoms with Gasteiger partial charge in [0.25, 0.3) is 0 Å². The smallest absolute Gasteiger partial charge is 0.475 e. The van der Waals surface area contributed by atoms with Crippen LogP contribution in [0.5, 0.6) is 0 Å². The fourth-order valence-corrected chi connectivity index (χ4v) is 3.40. The summed E-state index contributed by atoms with van der Waals surface area (Å²) in [4.78, 5) is 38.9. The molecule has 0 saturated carbocycles. The Morgan fingerprint density at radius 1 is 0.974 bits per heavy atom. The Bertz CT molecular complexity index is 856. The molecule has 2 aliphatic heterocycles. The van der Waals surface area contributed by atoms with Crippen molar-refractivity contribution in [3.05, 3.63) is 30.1 Å². The first-order valence-corrected chi connectivity index (χ1v) is 11.3. The minimum Gasteiger partial charge on any atom is -0.475 e. The summed E-state index contributed by atoms with van der Waals surface area (Å²) in [5, 5.41) is 14.2. The highest BCUT2D eigenvalue weighted by Crippen LogP contribution is 2.22. The number of hydrogen-bond donors (Lipinski definition) is 2. The highest BCUT2D eigenvalue weighted by atomic mass is 19.4. The number of morpholine rings is 1. The zero-order chi connectivity index (χ0) is 28.9. The summed E-state index contributed by atoms with van der Waals surface area (Å²) < 4.78 is 74.6. The summed E-state index contributed by atoms with van der Waals surface area (Å²) >= 11 is 0. The number of aromatic nitrogens is 1. The molecule has 1 amide bonds. The number of amides is 1. The molecule has 216 valence electrons. The Morgan fingerprint density at radius 2 is 1.50 bits per heavy atom. The molecule has 10 nitrogen and oxygen atoms in total. The van der Waals surface area contributed by atoms with Crippen molar-refractivity contribution >= 4 is 17.8 Å². The zero-order valence-electron chi connectivity index (χ0n) is 20.4. The third-order valence-electron chi connectivity index (χ3n) is 5.51. The number of carbonyl (C=O) groups excluding carboxylic acids is 1. The number of carboxylic acid groups (broad SMARTS) is 2. The van der Waals surface area contributed by atoms with Gasteiger partial charge in [-0.3, -0.25) is 14.7 Å². The van der Waals surface area contributed by atoms with Gasteiger partial charge >= 0.3 is 24.3 Å². The van der Waals surface area contributed by atoms with Crippen LogP contribution < -0.4 is 0 Å². The molecule has 0 aliphatic carbocycles. The predicted octanol–water partition coefficient (Wildman–Crippen LogP) is 2.43. The predicted molar refractivity (Wildman–Crippen MR) is 118 cm³/mol. The molecular weight excluding hydrogens is 532 g/mol. The minimum absolute atomic E-state index is 0.222. The summed E-state index contributed by atoms with van der Waals surface area (Å²) in [6.45, 7) is 8.03. The first-order valence-electron chi connectivity index (χ1n) is 11.3. The second-order valence-corrected chi connectivity index (χ2v) is 8.21. The van der Waals surface area contributed by atoms with E-state index in [1.807, 2.05) is 17.2 Å². The first kappa shape index (κ1) is 33.0. The monoisotopic (exact) mass is 561 g/mol. The lowest BCUT2D eigenvalue weighted by atomic mass is 9.96. The van der Waals surface area contributed by atoms with Gasteiger partial charge in [-0.15, -0.1) is 0 Å². The highest BCUT2D eigenvalue weighted by Gasteiger charge is 2.39. The second kappa shape index (κ2) is 15.4. The number of carboxylic acids is 2. The number of halogens is 6. The maximum Gasteiger partial charge on any atom is 0.490 e. The van der Waals surface area contributed by atoms with Crippen LogP contribution in [0.25, 0.3) is 0 Å². The number of hydrogen-bond acceptors (Lipinski definition) is 7. The Hall–Kier alpha value is -2.98. The van der Waals surface area contributed by atoms with E-state index in [4.69, 9.17) is 29.3 Å². The maximum absolute atomic E-state index is 12.6. The van der Waals surface area contributed by atoms with Crippen molar-refractivity contribution in [2.24, 2.45) is 5.92 Å². The average molecular weight is 561 g/mol. The van der Waals surface area contributed by atoms with Crippen molar-refractivity contribution in [1.82, 2.24) is 14.8 Å². The largest absolute Gasteiger partial charge is 0.490 e. The number of alkyl halides is 6. The second-order valence-electron chi connectivity index (χ2n) is 8.21. The molecule has 3 rings (SSSR count). The fraction of sp³-hybridized carbons (Fsp3) is 0.636. The molecule has 0 bridgehead atoms. The van der Waals surface area contributed by atoms with E-state index in [9.17, 15) is 31.1 Å². The SMILES string of the molecule is C[C@@H]1[C@@H](CC(=O)N2CCOCC2)COCCN1Cc1cccnc1.O=C(O)C(F)(F)F.O=C(O)C(F)(F)F. The van der Waals surface area contributed by atoms with Crippen LogP contribution in [0.1, 0.15) is 18.9 Å². The Kier molecular flexibility index (Phi) is 13.4. The number of rotatable bonds is 4. The molecule has 0 aromatic carbocycles. The van der Waals surface area contributed by atoms with Gasteiger partial charge in [-0.05, 0) is 18.6 Å². The molecule has 1 aromatic rings. The number of ether oxygens (including phenoxy) is 2. The number of nitrogens with zero attached hydrogens (tertiary/aromatic N) is 3. The van der Waals surface area contributed by atoms with Crippen LogP contribution in [0.15, 0.2) is 24.5 Å². The van der Waals surface area contributed by atoms with Gasteiger partial charge in [0.05, 0.1) is 26.4 Å². The van der Waals surface area contributed by atoms with Gasteiger partial charge in [0, 0.05) is 57.0 Å². The third-order valence-corrected chi connectivity index (χ3v) is 5.51. The normalized spacial score (nSPS) is 20.7. The molecule has 16 heteroatoms. The molecule has 3 heterocycles. The molecular formula is C22H29F6N3O7. The van der Waals surface area contributed by atoms with Crippen LogP contribution >= 0.6 is 0 Å². The molecule has 2 saturated heterocycles. The van der Waals surface area contributed by atoms with Gasteiger partial charge in [0.1, 0.15) is 0 Å². The van der Waals surface area contributed by atoms with Gasteiger partial charge in [0.15, 0.2) is 0 Å². The number of pyridine rings is 1. The van der Waals surface area contributed by atoms with Crippen molar-refractivity contribution in [1.29, 1.82) is 0 Å². The highest BCUT2D eigenvalue weighted by molar-refractivity contribution is 5.76. The van der Waals surface area contributed by atoms with Crippen LogP contribution in [-0.4, -0.2) is 107 Å². The lowest BCUT2D eigenvalue weighted by Gasteiger charge is -2.33. The van der Waals surface area contributed by atoms with E-state index in [-0.39, 0.29) is 11.8 Å². The van der Waals surface area contributed by atoms with E-state index in [0.29, 0.717) is 52.0 Å². The molecule has 2 aliphatic rings. The fourth-order valence-electron chi connectivity index (χ4n) is 3.40. The molecule has 0 spiro atoms. The Balaban J connectivity index is 0.000000426. The summed E-state index contributed by atoms with van der Waals surface area (Å²) in [5.41, 5.74) is 1.20. The van der Waals surface area contributed by atoms with Crippen LogP contribution in [-0.2, 0) is 30.4 Å². The van der Waals surface area contributed by atoms with E-state index in [0.717, 1.165) is 13.1 Å². The van der Waals surface area contributed by atoms with Gasteiger partial charge in [0.2, 0.25) is 5.91 Å². The van der Waals surface area contributed by atoms with E-state index in [1.54, 1.807) is 6.20 Å². The number of aliphatic carboxylic acids is 2. The van der Waals surface area contributed by atoms with Crippen LogP contribution in [0, 0.1) is 5.92 Å². The summed E-state index contributed by atoms with van der Waals surface area (Å²) in [6.07, 6.45) is -5.92. The van der Waals surface area contributed by atoms with Crippen molar-refractivity contribution in [3.8, 4) is 0 Å². The third kappa shape index (κ3) is 12.5. The standard InChI is InChI=1S/C18H27N3O3.2C2HF3O2/c1-15-17(11-18(22)20-5-8-23-9-6-20)14-24-10-7-21(15)13-16-3-2-4-19-12-16;2*3-2(4,5)1(6)7/h2-4,12,15,17H,5-11,13-14H2,1H3;2*(H,6,7)/t15-,17+;;/m1../s1. The molecule has 2 N–H and O–H groups in total. The van der Waals surface area contributed by atoms with E-state index >= 15 is 0 Å². The van der Waals surface area contributed by atoms with E-state index in [1.165, 1.54) is 5.56 Å². The van der Waals surface area contributed by atoms with Gasteiger partial charge in [-0.1, -0.05) is 6.07 Å². The first-order chi connectivity index (χ1) is 17.6. The maximum atomic E-state index is 12.6. The van der Waals surface area contributed by atoms with E-state index < -0.39 is 24.3 Å². The summed E-state index contributed by atoms with van der Waals surface area (Å²) in [6, 6.07) is 4.37. The molecule has 0 unspecified atom stereocenters. The van der Waals surface area contributed by atoms with Crippen LogP contribution in [0.4, 0.5) is 26.3 Å². The Labute approximate surface area is 214 Å². The lowest BCUT2D eigenvalue weighted by molar-refractivity contribution is -0.193. The average Bonchev–Trinajstić information content (AvgIpc) is 3.01. The zero-order valence-corrected chi connectivity index (χ0v) is 20.4. The summed E-state index contributed by atoms with van der Waals surface area (Å²) in [7, 11) is 0. The summed E-state index contributed by atoms with van der Waals surface area (Å²) in [5.74, 6) is -5.07. The minimum atomic E-state index is -5.08. The molecule has 2 fully saturated rings. The van der Waals surface area contributed by atoms with Crippen LogP contribution in [0.3, 0.4) is 0 Å².